The molecule has 1 heterocycles. The Bertz CT molecular complexity index is 787. The number of halogens is 2. The van der Waals surface area contributed by atoms with E-state index in [0.717, 1.165) is 22.5 Å². The lowest BCUT2D eigenvalue weighted by molar-refractivity contribution is -0.116. The molecular weight excluding hydrogens is 361 g/mol. The minimum absolute atomic E-state index is 0.122. The number of rotatable bonds is 6. The van der Waals surface area contributed by atoms with Gasteiger partial charge in [-0.3, -0.25) is 9.78 Å². The first-order chi connectivity index (χ1) is 11.9. The molecule has 0 radical (unpaired) electrons. The molecule has 0 atom stereocenters. The summed E-state index contributed by atoms with van der Waals surface area (Å²) in [7, 11) is 1.46. The van der Waals surface area contributed by atoms with Crippen LogP contribution in [0, 0.1) is 13.8 Å². The maximum absolute atomic E-state index is 12.3. The van der Waals surface area contributed by atoms with Crippen LogP contribution >= 0.6 is 23.2 Å². The second kappa shape index (κ2) is 8.83. The lowest BCUT2D eigenvalue weighted by Gasteiger charge is -2.11. The fourth-order valence-corrected chi connectivity index (χ4v) is 2.64. The van der Waals surface area contributed by atoms with Gasteiger partial charge in [0.05, 0.1) is 27.1 Å². The number of carbonyl (C=O) groups is 1. The van der Waals surface area contributed by atoms with Gasteiger partial charge in [0, 0.05) is 24.6 Å². The fraction of sp³-hybridized carbons (Fsp3) is 0.278. The second-order valence-electron chi connectivity index (χ2n) is 5.49. The lowest BCUT2D eigenvalue weighted by atomic mass is 10.1. The summed E-state index contributed by atoms with van der Waals surface area (Å²) in [6.45, 7) is 3.79. The van der Waals surface area contributed by atoms with Crippen molar-refractivity contribution in [1.82, 2.24) is 4.98 Å². The Kier molecular flexibility index (Phi) is 6.79. The Morgan fingerprint density at radius 3 is 2.60 bits per heavy atom. The summed E-state index contributed by atoms with van der Waals surface area (Å²) in [5.74, 6) is -0.122. The highest BCUT2D eigenvalue weighted by Crippen LogP contribution is 2.24. The third kappa shape index (κ3) is 5.18. The average molecular weight is 380 g/mol. The van der Waals surface area contributed by atoms with Gasteiger partial charge in [-0.25, -0.2) is 0 Å². The summed E-state index contributed by atoms with van der Waals surface area (Å²) >= 11 is 12.0. The van der Waals surface area contributed by atoms with E-state index in [2.05, 4.69) is 15.5 Å². The van der Waals surface area contributed by atoms with Crippen molar-refractivity contribution in [1.29, 1.82) is 0 Å². The minimum Gasteiger partial charge on any atom is -0.399 e. The van der Waals surface area contributed by atoms with Crippen LogP contribution in [0.4, 0.5) is 5.69 Å². The molecule has 1 N–H and O–H groups in total. The predicted molar refractivity (Wildman–Crippen MR) is 102 cm³/mol. The molecule has 0 fully saturated rings. The van der Waals surface area contributed by atoms with Crippen molar-refractivity contribution < 1.29 is 9.63 Å². The molecule has 7 heteroatoms. The van der Waals surface area contributed by atoms with Crippen LogP contribution in [-0.2, 0) is 9.63 Å². The van der Waals surface area contributed by atoms with Crippen molar-refractivity contribution in [3.05, 3.63) is 57.3 Å². The van der Waals surface area contributed by atoms with E-state index in [0.29, 0.717) is 22.2 Å². The first-order valence-corrected chi connectivity index (χ1v) is 8.45. The van der Waals surface area contributed by atoms with E-state index < -0.39 is 0 Å². The first-order valence-electron chi connectivity index (χ1n) is 7.70. The van der Waals surface area contributed by atoms with Crippen LogP contribution in [0.25, 0.3) is 0 Å². The molecule has 0 aliphatic rings. The van der Waals surface area contributed by atoms with Gasteiger partial charge in [0.1, 0.15) is 7.11 Å². The molecule has 132 valence electrons. The monoisotopic (exact) mass is 379 g/mol. The topological polar surface area (TPSA) is 63.6 Å². The fourth-order valence-electron chi connectivity index (χ4n) is 2.35. The molecule has 1 aromatic heterocycles. The summed E-state index contributed by atoms with van der Waals surface area (Å²) in [6.07, 6.45) is 2.36. The molecule has 2 aromatic rings. The van der Waals surface area contributed by atoms with E-state index in [1.165, 1.54) is 7.11 Å². The standard InChI is InChI=1S/C18H19Cl2N3O2/c1-11-8-9-21-12(2)18(11)22-17(24)7-6-16(23-25-3)13-4-5-14(19)15(20)10-13/h4-5,8-10H,6-7H2,1-3H3,(H,22,24)/b23-16+. The Morgan fingerprint density at radius 1 is 1.20 bits per heavy atom. The highest BCUT2D eigenvalue weighted by atomic mass is 35.5. The van der Waals surface area contributed by atoms with Crippen LogP contribution < -0.4 is 5.32 Å². The molecule has 0 aliphatic carbocycles. The molecular formula is C18H19Cl2N3O2. The van der Waals surface area contributed by atoms with Crippen LogP contribution in [0.5, 0.6) is 0 Å². The van der Waals surface area contributed by atoms with Crippen molar-refractivity contribution in [2.45, 2.75) is 26.7 Å². The largest absolute Gasteiger partial charge is 0.399 e. The van der Waals surface area contributed by atoms with Crippen molar-refractivity contribution in [2.75, 3.05) is 12.4 Å². The average Bonchev–Trinajstić information content (AvgIpc) is 2.57. The minimum atomic E-state index is -0.122. The summed E-state index contributed by atoms with van der Waals surface area (Å²) in [5.41, 5.74) is 3.88. The van der Waals surface area contributed by atoms with E-state index in [1.807, 2.05) is 19.9 Å². The van der Waals surface area contributed by atoms with Gasteiger partial charge in [0.2, 0.25) is 5.91 Å². The quantitative estimate of drug-likeness (QED) is 0.580. The summed E-state index contributed by atoms with van der Waals surface area (Å²) in [6, 6.07) is 7.04. The van der Waals surface area contributed by atoms with Gasteiger partial charge in [-0.05, 0) is 37.6 Å². The number of anilines is 1. The molecule has 0 aliphatic heterocycles. The van der Waals surface area contributed by atoms with Crippen molar-refractivity contribution >= 4 is 40.5 Å². The maximum Gasteiger partial charge on any atom is 0.224 e. The Morgan fingerprint density at radius 2 is 1.96 bits per heavy atom. The number of hydrogen-bond donors (Lipinski definition) is 1. The van der Waals surface area contributed by atoms with Gasteiger partial charge in [-0.15, -0.1) is 0 Å². The van der Waals surface area contributed by atoms with E-state index in [9.17, 15) is 4.79 Å². The predicted octanol–water partition coefficient (Wildman–Crippen LogP) is 4.77. The zero-order valence-electron chi connectivity index (χ0n) is 14.3. The number of carbonyl (C=O) groups excluding carboxylic acids is 1. The van der Waals surface area contributed by atoms with E-state index in [4.69, 9.17) is 28.0 Å². The summed E-state index contributed by atoms with van der Waals surface area (Å²) < 4.78 is 0. The molecule has 0 bridgehead atoms. The van der Waals surface area contributed by atoms with Crippen LogP contribution in [0.2, 0.25) is 10.0 Å². The van der Waals surface area contributed by atoms with E-state index >= 15 is 0 Å². The van der Waals surface area contributed by atoms with E-state index in [-0.39, 0.29) is 12.3 Å². The normalized spacial score (nSPS) is 11.3. The van der Waals surface area contributed by atoms with Gasteiger partial charge in [-0.2, -0.15) is 0 Å². The number of pyridine rings is 1. The summed E-state index contributed by atoms with van der Waals surface area (Å²) in [4.78, 5) is 21.4. The molecule has 25 heavy (non-hydrogen) atoms. The Balaban J connectivity index is 2.07. The number of benzene rings is 1. The van der Waals surface area contributed by atoms with Gasteiger partial charge in [0.25, 0.3) is 0 Å². The second-order valence-corrected chi connectivity index (χ2v) is 6.30. The van der Waals surface area contributed by atoms with E-state index in [1.54, 1.807) is 24.4 Å². The van der Waals surface area contributed by atoms with Crippen LogP contribution in [0.15, 0.2) is 35.6 Å². The third-order valence-electron chi connectivity index (χ3n) is 3.66. The molecule has 1 aromatic carbocycles. The number of amides is 1. The number of aromatic nitrogens is 1. The van der Waals surface area contributed by atoms with Gasteiger partial charge in [-0.1, -0.05) is 34.4 Å². The Labute approximate surface area is 157 Å². The van der Waals surface area contributed by atoms with Gasteiger partial charge >= 0.3 is 0 Å². The number of nitrogens with one attached hydrogen (secondary N) is 1. The molecule has 0 spiro atoms. The highest BCUT2D eigenvalue weighted by molar-refractivity contribution is 6.42. The van der Waals surface area contributed by atoms with Crippen molar-refractivity contribution in [3.63, 3.8) is 0 Å². The first kappa shape index (κ1) is 19.2. The van der Waals surface area contributed by atoms with Gasteiger partial charge in [0.15, 0.2) is 0 Å². The van der Waals surface area contributed by atoms with Crippen molar-refractivity contribution in [2.24, 2.45) is 5.16 Å². The van der Waals surface area contributed by atoms with Crippen LogP contribution in [0.1, 0.15) is 29.7 Å². The summed E-state index contributed by atoms with van der Waals surface area (Å²) in [5, 5.41) is 7.79. The number of oxime groups is 1. The molecule has 0 saturated heterocycles. The van der Waals surface area contributed by atoms with Crippen LogP contribution in [-0.4, -0.2) is 23.7 Å². The number of aryl methyl sites for hydroxylation is 2. The molecule has 5 nitrogen and oxygen atoms in total. The van der Waals surface area contributed by atoms with Crippen LogP contribution in [0.3, 0.4) is 0 Å². The molecule has 0 saturated carbocycles. The smallest absolute Gasteiger partial charge is 0.224 e. The van der Waals surface area contributed by atoms with Gasteiger partial charge < -0.3 is 10.2 Å². The molecule has 1 amide bonds. The van der Waals surface area contributed by atoms with Crippen molar-refractivity contribution in [3.8, 4) is 0 Å². The zero-order chi connectivity index (χ0) is 18.4. The number of nitrogens with zero attached hydrogens (tertiary/aromatic N) is 2. The molecule has 2 rings (SSSR count). The highest BCUT2D eigenvalue weighted by Gasteiger charge is 2.12. The SMILES string of the molecule is CO/N=C(\CCC(=O)Nc1c(C)ccnc1C)c1ccc(Cl)c(Cl)c1. The third-order valence-corrected chi connectivity index (χ3v) is 4.40. The lowest BCUT2D eigenvalue weighted by Crippen LogP contribution is -2.16. The zero-order valence-corrected chi connectivity index (χ0v) is 15.8. The Hall–Kier alpha value is -2.11. The molecule has 0 unspecified atom stereocenters. The number of hydrogen-bond acceptors (Lipinski definition) is 4. The maximum atomic E-state index is 12.3.